The van der Waals surface area contributed by atoms with Gasteiger partial charge in [0.15, 0.2) is 0 Å². The number of nitrogens with zero attached hydrogens (tertiary/aromatic N) is 1. The highest BCUT2D eigenvalue weighted by atomic mass is 127. The van der Waals surface area contributed by atoms with Gasteiger partial charge < -0.3 is 14.2 Å². The molecule has 5 heteroatoms. The van der Waals surface area contributed by atoms with E-state index in [1.54, 1.807) is 6.20 Å². The summed E-state index contributed by atoms with van der Waals surface area (Å²) in [5, 5.41) is 1.07. The Morgan fingerprint density at radius 3 is 2.44 bits per heavy atom. The highest BCUT2D eigenvalue weighted by Crippen LogP contribution is 2.23. The summed E-state index contributed by atoms with van der Waals surface area (Å²) in [5.74, 6) is 1.68. The molecule has 130 valence electrons. The standard InChI is InChI=1S/C20H20INO3/c1-15-7-8-18(17(21)14-15)24-12-10-23-11-13-25-19-6-2-4-16-5-3-9-22-20(16)19/h2-9,14H,10-13H2,1H3. The fourth-order valence-electron chi connectivity index (χ4n) is 2.44. The Hall–Kier alpha value is -1.86. The van der Waals surface area contributed by atoms with Crippen LogP contribution in [0.3, 0.4) is 0 Å². The number of fused-ring (bicyclic) bond motifs is 1. The van der Waals surface area contributed by atoms with E-state index in [0.29, 0.717) is 26.4 Å². The first kappa shape index (κ1) is 17.9. The van der Waals surface area contributed by atoms with Crippen molar-refractivity contribution < 1.29 is 14.2 Å². The number of aromatic nitrogens is 1. The van der Waals surface area contributed by atoms with Crippen LogP contribution in [0.5, 0.6) is 11.5 Å². The van der Waals surface area contributed by atoms with E-state index in [-0.39, 0.29) is 0 Å². The molecule has 0 radical (unpaired) electrons. The molecule has 0 unspecified atom stereocenters. The van der Waals surface area contributed by atoms with Gasteiger partial charge in [-0.15, -0.1) is 0 Å². The van der Waals surface area contributed by atoms with E-state index in [4.69, 9.17) is 14.2 Å². The molecule has 1 heterocycles. The first-order valence-electron chi connectivity index (χ1n) is 8.17. The summed E-state index contributed by atoms with van der Waals surface area (Å²) in [4.78, 5) is 4.37. The van der Waals surface area contributed by atoms with Crippen LogP contribution in [0.1, 0.15) is 5.56 Å². The Balaban J connectivity index is 1.37. The SMILES string of the molecule is Cc1ccc(OCCOCCOc2cccc3cccnc23)c(I)c1. The zero-order valence-electron chi connectivity index (χ0n) is 14.1. The first-order valence-corrected chi connectivity index (χ1v) is 9.25. The molecule has 0 N–H and O–H groups in total. The summed E-state index contributed by atoms with van der Waals surface area (Å²) >= 11 is 2.28. The normalized spacial score (nSPS) is 10.8. The van der Waals surface area contributed by atoms with Crippen molar-refractivity contribution >= 4 is 33.5 Å². The lowest BCUT2D eigenvalue weighted by atomic mass is 10.2. The van der Waals surface area contributed by atoms with Crippen molar-refractivity contribution in [1.82, 2.24) is 4.98 Å². The van der Waals surface area contributed by atoms with E-state index in [2.05, 4.69) is 40.6 Å². The Kier molecular flexibility index (Phi) is 6.47. The summed E-state index contributed by atoms with van der Waals surface area (Å²) in [6.45, 7) is 4.12. The maximum Gasteiger partial charge on any atom is 0.145 e. The number of ether oxygens (including phenoxy) is 3. The smallest absolute Gasteiger partial charge is 0.145 e. The van der Waals surface area contributed by atoms with Crippen molar-refractivity contribution in [2.45, 2.75) is 6.92 Å². The van der Waals surface area contributed by atoms with Crippen LogP contribution < -0.4 is 9.47 Å². The van der Waals surface area contributed by atoms with Crippen LogP contribution in [0.15, 0.2) is 54.7 Å². The second-order valence-electron chi connectivity index (χ2n) is 5.57. The molecule has 4 nitrogen and oxygen atoms in total. The van der Waals surface area contributed by atoms with Crippen molar-refractivity contribution in [3.8, 4) is 11.5 Å². The number of para-hydroxylation sites is 1. The molecular weight excluding hydrogens is 429 g/mol. The van der Waals surface area contributed by atoms with Crippen LogP contribution in [0, 0.1) is 10.5 Å². The molecule has 1 aromatic heterocycles. The highest BCUT2D eigenvalue weighted by molar-refractivity contribution is 14.1. The number of hydrogen-bond acceptors (Lipinski definition) is 4. The third-order valence-electron chi connectivity index (χ3n) is 3.65. The number of aryl methyl sites for hydroxylation is 1. The van der Waals surface area contributed by atoms with Crippen LogP contribution in [0.25, 0.3) is 10.9 Å². The number of hydrogen-bond donors (Lipinski definition) is 0. The third-order valence-corrected chi connectivity index (χ3v) is 4.50. The fourth-order valence-corrected chi connectivity index (χ4v) is 3.27. The molecule has 0 atom stereocenters. The molecule has 0 aliphatic rings. The molecule has 0 amide bonds. The van der Waals surface area contributed by atoms with Crippen LogP contribution in [-0.4, -0.2) is 31.4 Å². The van der Waals surface area contributed by atoms with Gasteiger partial charge in [0, 0.05) is 11.6 Å². The van der Waals surface area contributed by atoms with Gasteiger partial charge in [-0.2, -0.15) is 0 Å². The van der Waals surface area contributed by atoms with Gasteiger partial charge in [0.1, 0.15) is 30.2 Å². The Labute approximate surface area is 161 Å². The number of rotatable bonds is 8. The highest BCUT2D eigenvalue weighted by Gasteiger charge is 2.03. The summed E-state index contributed by atoms with van der Waals surface area (Å²) < 4.78 is 18.2. The molecule has 2 aromatic carbocycles. The van der Waals surface area contributed by atoms with Gasteiger partial charge in [0.05, 0.1) is 16.8 Å². The molecule has 3 aromatic rings. The molecule has 25 heavy (non-hydrogen) atoms. The number of benzene rings is 2. The summed E-state index contributed by atoms with van der Waals surface area (Å²) in [7, 11) is 0. The van der Waals surface area contributed by atoms with Gasteiger partial charge >= 0.3 is 0 Å². The molecule has 0 aliphatic heterocycles. The lowest BCUT2D eigenvalue weighted by Gasteiger charge is -2.11. The average Bonchev–Trinajstić information content (AvgIpc) is 2.62. The van der Waals surface area contributed by atoms with Crippen molar-refractivity contribution in [2.24, 2.45) is 0 Å². The topological polar surface area (TPSA) is 40.6 Å². The predicted molar refractivity (Wildman–Crippen MR) is 107 cm³/mol. The summed E-state index contributed by atoms with van der Waals surface area (Å²) in [5.41, 5.74) is 2.11. The zero-order chi connectivity index (χ0) is 17.5. The lowest BCUT2D eigenvalue weighted by Crippen LogP contribution is -2.12. The molecule has 3 rings (SSSR count). The van der Waals surface area contributed by atoms with Gasteiger partial charge in [-0.05, 0) is 59.3 Å². The van der Waals surface area contributed by atoms with Gasteiger partial charge in [0.2, 0.25) is 0 Å². The number of pyridine rings is 1. The quantitative estimate of drug-likeness (QED) is 0.372. The minimum absolute atomic E-state index is 0.484. The van der Waals surface area contributed by atoms with Crippen molar-refractivity contribution in [1.29, 1.82) is 0 Å². The molecule has 0 bridgehead atoms. The van der Waals surface area contributed by atoms with Crippen LogP contribution in [-0.2, 0) is 4.74 Å². The minimum atomic E-state index is 0.484. The van der Waals surface area contributed by atoms with Gasteiger partial charge in [0.25, 0.3) is 0 Å². The van der Waals surface area contributed by atoms with Crippen LogP contribution in [0.4, 0.5) is 0 Å². The van der Waals surface area contributed by atoms with Crippen molar-refractivity contribution in [3.63, 3.8) is 0 Å². The minimum Gasteiger partial charge on any atom is -0.490 e. The van der Waals surface area contributed by atoms with Crippen LogP contribution >= 0.6 is 22.6 Å². The second-order valence-corrected chi connectivity index (χ2v) is 6.74. The fraction of sp³-hybridized carbons (Fsp3) is 0.250. The van der Waals surface area contributed by atoms with Crippen molar-refractivity contribution in [3.05, 3.63) is 63.9 Å². The Bertz CT molecular complexity index is 833. The molecule has 0 saturated heterocycles. The summed E-state index contributed by atoms with van der Waals surface area (Å²) in [6, 6.07) is 16.0. The van der Waals surface area contributed by atoms with E-state index < -0.39 is 0 Å². The first-order chi connectivity index (χ1) is 12.2. The van der Waals surface area contributed by atoms with Gasteiger partial charge in [-0.3, -0.25) is 4.98 Å². The van der Waals surface area contributed by atoms with E-state index in [1.165, 1.54) is 5.56 Å². The zero-order valence-corrected chi connectivity index (χ0v) is 16.2. The van der Waals surface area contributed by atoms with Gasteiger partial charge in [-0.1, -0.05) is 24.3 Å². The monoisotopic (exact) mass is 449 g/mol. The molecule has 0 saturated carbocycles. The molecule has 0 aliphatic carbocycles. The molecular formula is C20H20INO3. The third kappa shape index (κ3) is 5.06. The Morgan fingerprint density at radius 1 is 0.880 bits per heavy atom. The van der Waals surface area contributed by atoms with Crippen molar-refractivity contribution in [2.75, 3.05) is 26.4 Å². The number of halogens is 1. The molecule has 0 fully saturated rings. The maximum atomic E-state index is 5.79. The predicted octanol–water partition coefficient (Wildman–Crippen LogP) is 4.62. The van der Waals surface area contributed by atoms with E-state index in [1.807, 2.05) is 42.5 Å². The average molecular weight is 449 g/mol. The largest absolute Gasteiger partial charge is 0.490 e. The Morgan fingerprint density at radius 2 is 1.64 bits per heavy atom. The summed E-state index contributed by atoms with van der Waals surface area (Å²) in [6.07, 6.45) is 1.77. The van der Waals surface area contributed by atoms with E-state index in [0.717, 1.165) is 26.0 Å². The van der Waals surface area contributed by atoms with E-state index >= 15 is 0 Å². The van der Waals surface area contributed by atoms with E-state index in [9.17, 15) is 0 Å². The van der Waals surface area contributed by atoms with Crippen LogP contribution in [0.2, 0.25) is 0 Å². The van der Waals surface area contributed by atoms with Gasteiger partial charge in [-0.25, -0.2) is 0 Å². The maximum absolute atomic E-state index is 5.79. The lowest BCUT2D eigenvalue weighted by molar-refractivity contribution is 0.0765. The molecule has 0 spiro atoms. The second kappa shape index (κ2) is 9.01.